The monoisotopic (exact) mass is 249 g/mol. The van der Waals surface area contributed by atoms with Crippen LogP contribution in [-0.2, 0) is 4.79 Å². The molecule has 0 fully saturated rings. The molecule has 0 radical (unpaired) electrons. The first-order valence-corrected chi connectivity index (χ1v) is 6.34. The molecule has 0 saturated heterocycles. The lowest BCUT2D eigenvalue weighted by molar-refractivity contribution is -0.109. The number of hydrogen-bond donors (Lipinski definition) is 0. The van der Waals surface area contributed by atoms with Crippen LogP contribution < -0.4 is 0 Å². The standard InChI is InChI=1S/C17H15NO/c1-2-14(12-19)15-7-9-17(10-8-15)16-5-3-13(11-18)4-6-16/h3-10,12,14H,2H2,1H3. The zero-order valence-electron chi connectivity index (χ0n) is 10.8. The molecule has 0 spiro atoms. The van der Waals surface area contributed by atoms with Crippen LogP contribution in [0.3, 0.4) is 0 Å². The van der Waals surface area contributed by atoms with E-state index in [0.717, 1.165) is 29.4 Å². The molecule has 0 saturated carbocycles. The van der Waals surface area contributed by atoms with Gasteiger partial charge in [0.1, 0.15) is 6.29 Å². The lowest BCUT2D eigenvalue weighted by Crippen LogP contribution is -1.97. The van der Waals surface area contributed by atoms with E-state index < -0.39 is 0 Å². The predicted molar refractivity (Wildman–Crippen MR) is 75.7 cm³/mol. The third kappa shape index (κ3) is 2.89. The van der Waals surface area contributed by atoms with Crippen molar-refractivity contribution in [3.63, 3.8) is 0 Å². The van der Waals surface area contributed by atoms with Crippen molar-refractivity contribution in [2.45, 2.75) is 19.3 Å². The van der Waals surface area contributed by atoms with Gasteiger partial charge in [0, 0.05) is 5.92 Å². The van der Waals surface area contributed by atoms with Crippen molar-refractivity contribution in [2.24, 2.45) is 0 Å². The Morgan fingerprint density at radius 2 is 1.58 bits per heavy atom. The summed E-state index contributed by atoms with van der Waals surface area (Å²) in [6.07, 6.45) is 1.82. The second kappa shape index (κ2) is 5.97. The number of carbonyl (C=O) groups excluding carboxylic acids is 1. The number of nitriles is 1. The van der Waals surface area contributed by atoms with E-state index in [1.807, 2.05) is 55.5 Å². The molecular formula is C17H15NO. The number of benzene rings is 2. The minimum absolute atomic E-state index is 0.0185. The lowest BCUT2D eigenvalue weighted by atomic mass is 9.95. The smallest absolute Gasteiger partial charge is 0.127 e. The van der Waals surface area contributed by atoms with E-state index in [0.29, 0.717) is 5.56 Å². The number of hydrogen-bond acceptors (Lipinski definition) is 2. The van der Waals surface area contributed by atoms with Gasteiger partial charge in [-0.25, -0.2) is 0 Å². The molecular weight excluding hydrogens is 234 g/mol. The maximum atomic E-state index is 10.9. The van der Waals surface area contributed by atoms with Crippen molar-refractivity contribution < 1.29 is 4.79 Å². The van der Waals surface area contributed by atoms with Crippen molar-refractivity contribution in [1.82, 2.24) is 0 Å². The summed E-state index contributed by atoms with van der Waals surface area (Å²) >= 11 is 0. The van der Waals surface area contributed by atoms with Crippen LogP contribution in [0.1, 0.15) is 30.4 Å². The van der Waals surface area contributed by atoms with Gasteiger partial charge in [0.05, 0.1) is 11.6 Å². The highest BCUT2D eigenvalue weighted by Crippen LogP contribution is 2.23. The Morgan fingerprint density at radius 1 is 1.05 bits per heavy atom. The van der Waals surface area contributed by atoms with Crippen LogP contribution in [0.5, 0.6) is 0 Å². The van der Waals surface area contributed by atoms with Gasteiger partial charge in [0.2, 0.25) is 0 Å². The number of carbonyl (C=O) groups is 1. The molecule has 0 heterocycles. The van der Waals surface area contributed by atoms with E-state index >= 15 is 0 Å². The molecule has 2 rings (SSSR count). The molecule has 2 aromatic carbocycles. The molecule has 0 aliphatic carbocycles. The predicted octanol–water partition coefficient (Wildman–Crippen LogP) is 3.92. The number of aldehydes is 1. The molecule has 2 aromatic rings. The normalized spacial score (nSPS) is 11.6. The quantitative estimate of drug-likeness (QED) is 0.770. The molecule has 2 nitrogen and oxygen atoms in total. The summed E-state index contributed by atoms with van der Waals surface area (Å²) in [5.74, 6) is -0.0185. The SMILES string of the molecule is CCC(C=O)c1ccc(-c2ccc(C#N)cc2)cc1. The minimum Gasteiger partial charge on any atom is -0.303 e. The highest BCUT2D eigenvalue weighted by Gasteiger charge is 2.07. The first-order chi connectivity index (χ1) is 9.28. The van der Waals surface area contributed by atoms with Crippen LogP contribution in [0.4, 0.5) is 0 Å². The van der Waals surface area contributed by atoms with Crippen LogP contribution in [0.15, 0.2) is 48.5 Å². The van der Waals surface area contributed by atoms with E-state index in [4.69, 9.17) is 5.26 Å². The Kier molecular flexibility index (Phi) is 4.10. The van der Waals surface area contributed by atoms with Gasteiger partial charge >= 0.3 is 0 Å². The van der Waals surface area contributed by atoms with E-state index in [-0.39, 0.29) is 5.92 Å². The zero-order valence-corrected chi connectivity index (χ0v) is 10.8. The fourth-order valence-electron chi connectivity index (χ4n) is 2.07. The van der Waals surface area contributed by atoms with Crippen molar-refractivity contribution in [3.05, 3.63) is 59.7 Å². The van der Waals surface area contributed by atoms with E-state index in [2.05, 4.69) is 6.07 Å². The molecule has 0 aliphatic heterocycles. The maximum absolute atomic E-state index is 10.9. The fraction of sp³-hybridized carbons (Fsp3) is 0.176. The molecule has 0 N–H and O–H groups in total. The Bertz CT molecular complexity index is 591. The third-order valence-corrected chi connectivity index (χ3v) is 3.29. The van der Waals surface area contributed by atoms with Gasteiger partial charge in [0.25, 0.3) is 0 Å². The first kappa shape index (κ1) is 13.0. The maximum Gasteiger partial charge on any atom is 0.127 e. The summed E-state index contributed by atoms with van der Waals surface area (Å²) in [4.78, 5) is 10.9. The molecule has 2 heteroatoms. The third-order valence-electron chi connectivity index (χ3n) is 3.29. The highest BCUT2D eigenvalue weighted by molar-refractivity contribution is 5.67. The summed E-state index contributed by atoms with van der Waals surface area (Å²) in [7, 11) is 0. The topological polar surface area (TPSA) is 40.9 Å². The molecule has 0 aliphatic rings. The number of nitrogens with zero attached hydrogens (tertiary/aromatic N) is 1. The van der Waals surface area contributed by atoms with E-state index in [9.17, 15) is 4.79 Å². The van der Waals surface area contributed by atoms with Crippen molar-refractivity contribution >= 4 is 6.29 Å². The van der Waals surface area contributed by atoms with Crippen LogP contribution in [-0.4, -0.2) is 6.29 Å². The number of rotatable bonds is 4. The van der Waals surface area contributed by atoms with E-state index in [1.165, 1.54) is 0 Å². The summed E-state index contributed by atoms with van der Waals surface area (Å²) in [5.41, 5.74) is 3.88. The average molecular weight is 249 g/mol. The zero-order chi connectivity index (χ0) is 13.7. The second-order valence-corrected chi connectivity index (χ2v) is 4.46. The van der Waals surface area contributed by atoms with Crippen LogP contribution >= 0.6 is 0 Å². The first-order valence-electron chi connectivity index (χ1n) is 6.34. The van der Waals surface area contributed by atoms with Crippen LogP contribution in [0.2, 0.25) is 0 Å². The van der Waals surface area contributed by atoms with Gasteiger partial charge in [-0.1, -0.05) is 43.3 Å². The summed E-state index contributed by atoms with van der Waals surface area (Å²) in [6.45, 7) is 2.01. The van der Waals surface area contributed by atoms with Gasteiger partial charge in [-0.15, -0.1) is 0 Å². The van der Waals surface area contributed by atoms with Gasteiger partial charge in [-0.2, -0.15) is 5.26 Å². The molecule has 0 bridgehead atoms. The second-order valence-electron chi connectivity index (χ2n) is 4.46. The summed E-state index contributed by atoms with van der Waals surface area (Å²) in [6, 6.07) is 17.6. The van der Waals surface area contributed by atoms with E-state index in [1.54, 1.807) is 0 Å². The minimum atomic E-state index is -0.0185. The van der Waals surface area contributed by atoms with Crippen molar-refractivity contribution in [3.8, 4) is 17.2 Å². The lowest BCUT2D eigenvalue weighted by Gasteiger charge is -2.09. The van der Waals surface area contributed by atoms with Gasteiger partial charge < -0.3 is 4.79 Å². The van der Waals surface area contributed by atoms with Crippen LogP contribution in [0, 0.1) is 11.3 Å². The Morgan fingerprint density at radius 3 is 2.00 bits per heavy atom. The highest BCUT2D eigenvalue weighted by atomic mass is 16.1. The molecule has 1 atom stereocenters. The molecule has 0 amide bonds. The van der Waals surface area contributed by atoms with Crippen molar-refractivity contribution in [1.29, 1.82) is 5.26 Å². The van der Waals surface area contributed by atoms with Crippen LogP contribution in [0.25, 0.3) is 11.1 Å². The molecule has 19 heavy (non-hydrogen) atoms. The van der Waals surface area contributed by atoms with Gasteiger partial charge in [0.15, 0.2) is 0 Å². The molecule has 94 valence electrons. The average Bonchev–Trinajstić information content (AvgIpc) is 2.49. The summed E-state index contributed by atoms with van der Waals surface area (Å²) < 4.78 is 0. The Labute approximate surface area is 113 Å². The Balaban J connectivity index is 2.27. The molecule has 1 unspecified atom stereocenters. The fourth-order valence-corrected chi connectivity index (χ4v) is 2.07. The van der Waals surface area contributed by atoms with Gasteiger partial charge in [-0.3, -0.25) is 0 Å². The Hall–Kier alpha value is -2.40. The van der Waals surface area contributed by atoms with Gasteiger partial charge in [-0.05, 0) is 35.2 Å². The largest absolute Gasteiger partial charge is 0.303 e. The van der Waals surface area contributed by atoms with Crippen molar-refractivity contribution in [2.75, 3.05) is 0 Å². The summed E-state index contributed by atoms with van der Waals surface area (Å²) in [5, 5.41) is 8.77. The molecule has 0 aromatic heterocycles.